The Morgan fingerprint density at radius 2 is 2.07 bits per heavy atom. The van der Waals surface area contributed by atoms with Gasteiger partial charge in [-0.2, -0.15) is 0 Å². The fraction of sp³-hybridized carbons (Fsp3) is 0.364. The summed E-state index contributed by atoms with van der Waals surface area (Å²) in [4.78, 5) is 12.8. The summed E-state index contributed by atoms with van der Waals surface area (Å²) in [5.41, 5.74) is 1.01. The molecule has 4 heteroatoms. The Hall–Kier alpha value is -1.06. The highest BCUT2D eigenvalue weighted by atomic mass is 35.5. The smallest absolute Gasteiger partial charge is 0.236 e. The number of rotatable bonds is 4. The first-order valence-corrected chi connectivity index (χ1v) is 5.13. The highest BCUT2D eigenvalue weighted by Crippen LogP contribution is 2.13. The number of carbonyl (C=O) groups is 1. The Morgan fingerprint density at radius 3 is 2.67 bits per heavy atom. The van der Waals surface area contributed by atoms with Gasteiger partial charge in [-0.15, -0.1) is 0 Å². The number of hydrogen-bond acceptors (Lipinski definition) is 2. The van der Waals surface area contributed by atoms with E-state index in [1.807, 2.05) is 24.3 Å². The second-order valence-electron chi connectivity index (χ2n) is 3.48. The van der Waals surface area contributed by atoms with Gasteiger partial charge in [-0.3, -0.25) is 4.79 Å². The van der Waals surface area contributed by atoms with Crippen LogP contribution < -0.4 is 5.32 Å². The fourth-order valence-corrected chi connectivity index (χ4v) is 1.31. The molecular weight excluding hydrogens is 212 g/mol. The zero-order valence-corrected chi connectivity index (χ0v) is 9.71. The van der Waals surface area contributed by atoms with Crippen molar-refractivity contribution in [2.45, 2.75) is 6.54 Å². The van der Waals surface area contributed by atoms with Crippen molar-refractivity contribution in [2.24, 2.45) is 0 Å². The van der Waals surface area contributed by atoms with E-state index in [9.17, 15) is 4.79 Å². The number of nitrogens with zero attached hydrogens (tertiary/aromatic N) is 1. The van der Waals surface area contributed by atoms with Crippen molar-refractivity contribution in [3.8, 4) is 0 Å². The molecule has 0 unspecified atom stereocenters. The molecule has 3 nitrogen and oxygen atoms in total. The van der Waals surface area contributed by atoms with Crippen molar-refractivity contribution in [1.82, 2.24) is 10.2 Å². The minimum Gasteiger partial charge on any atom is -0.348 e. The lowest BCUT2D eigenvalue weighted by Crippen LogP contribution is -2.32. The van der Waals surface area contributed by atoms with Crippen LogP contribution in [0.4, 0.5) is 0 Å². The maximum absolute atomic E-state index is 11.2. The number of likely N-dealkylation sites (N-methyl/N-ethyl adjacent to an activating group) is 1. The summed E-state index contributed by atoms with van der Waals surface area (Å²) >= 11 is 5.97. The molecule has 1 amide bonds. The first-order valence-electron chi connectivity index (χ1n) is 4.75. The van der Waals surface area contributed by atoms with Crippen LogP contribution in [0.2, 0.25) is 5.02 Å². The second kappa shape index (κ2) is 5.73. The summed E-state index contributed by atoms with van der Waals surface area (Å²) < 4.78 is 0. The van der Waals surface area contributed by atoms with Crippen LogP contribution in [0.3, 0.4) is 0 Å². The first-order chi connectivity index (χ1) is 7.11. The van der Waals surface area contributed by atoms with Gasteiger partial charge in [-0.1, -0.05) is 29.8 Å². The molecule has 0 heterocycles. The van der Waals surface area contributed by atoms with E-state index in [0.717, 1.165) is 10.6 Å². The molecule has 1 N–H and O–H groups in total. The lowest BCUT2D eigenvalue weighted by atomic mass is 10.2. The van der Waals surface area contributed by atoms with Crippen molar-refractivity contribution < 1.29 is 4.79 Å². The SMILES string of the molecule is CN(C)C(=O)CNCc1ccccc1Cl. The summed E-state index contributed by atoms with van der Waals surface area (Å²) in [5, 5.41) is 3.77. The molecule has 0 fully saturated rings. The van der Waals surface area contributed by atoms with Gasteiger partial charge in [0.15, 0.2) is 0 Å². The van der Waals surface area contributed by atoms with Crippen LogP contribution in [0.15, 0.2) is 24.3 Å². The minimum absolute atomic E-state index is 0.0575. The summed E-state index contributed by atoms with van der Waals surface area (Å²) in [5.74, 6) is 0.0575. The van der Waals surface area contributed by atoms with Gasteiger partial charge in [0, 0.05) is 25.7 Å². The fourth-order valence-electron chi connectivity index (χ4n) is 1.10. The van der Waals surface area contributed by atoms with Crippen molar-refractivity contribution in [3.05, 3.63) is 34.9 Å². The summed E-state index contributed by atoms with van der Waals surface area (Å²) in [6.07, 6.45) is 0. The second-order valence-corrected chi connectivity index (χ2v) is 3.89. The number of nitrogens with one attached hydrogen (secondary N) is 1. The van der Waals surface area contributed by atoms with Crippen molar-refractivity contribution in [2.75, 3.05) is 20.6 Å². The molecule has 1 aromatic carbocycles. The van der Waals surface area contributed by atoms with E-state index in [1.165, 1.54) is 0 Å². The van der Waals surface area contributed by atoms with Crippen molar-refractivity contribution in [1.29, 1.82) is 0 Å². The van der Waals surface area contributed by atoms with E-state index >= 15 is 0 Å². The van der Waals surface area contributed by atoms with E-state index in [2.05, 4.69) is 5.32 Å². The molecule has 0 radical (unpaired) electrons. The van der Waals surface area contributed by atoms with E-state index in [1.54, 1.807) is 19.0 Å². The number of amides is 1. The largest absolute Gasteiger partial charge is 0.348 e. The Morgan fingerprint density at radius 1 is 1.40 bits per heavy atom. The quantitative estimate of drug-likeness (QED) is 0.845. The molecule has 0 aliphatic carbocycles. The molecule has 0 aromatic heterocycles. The monoisotopic (exact) mass is 226 g/mol. The van der Waals surface area contributed by atoms with Crippen molar-refractivity contribution in [3.63, 3.8) is 0 Å². The van der Waals surface area contributed by atoms with Gasteiger partial charge in [0.25, 0.3) is 0 Å². The standard InChI is InChI=1S/C11H15ClN2O/c1-14(2)11(15)8-13-7-9-5-3-4-6-10(9)12/h3-6,13H,7-8H2,1-2H3. The van der Waals surface area contributed by atoms with E-state index in [4.69, 9.17) is 11.6 Å². The molecule has 0 aliphatic heterocycles. The number of halogens is 1. The van der Waals surface area contributed by atoms with E-state index < -0.39 is 0 Å². The number of carbonyl (C=O) groups excluding carboxylic acids is 1. The van der Waals surface area contributed by atoms with Crippen LogP contribution in [0.25, 0.3) is 0 Å². The molecule has 1 rings (SSSR count). The predicted octanol–water partition coefficient (Wildman–Crippen LogP) is 1.52. The lowest BCUT2D eigenvalue weighted by molar-refractivity contribution is -0.127. The molecule has 82 valence electrons. The molecule has 15 heavy (non-hydrogen) atoms. The maximum atomic E-state index is 11.2. The molecular formula is C11H15ClN2O. The Labute approximate surface area is 95.0 Å². The van der Waals surface area contributed by atoms with Gasteiger partial charge in [-0.05, 0) is 11.6 Å². The van der Waals surface area contributed by atoms with Gasteiger partial charge in [-0.25, -0.2) is 0 Å². The van der Waals surface area contributed by atoms with Crippen LogP contribution in [0, 0.1) is 0 Å². The molecule has 0 saturated carbocycles. The summed E-state index contributed by atoms with van der Waals surface area (Å²) in [6, 6.07) is 7.59. The summed E-state index contributed by atoms with van der Waals surface area (Å²) in [6.45, 7) is 0.942. The van der Waals surface area contributed by atoms with Crippen LogP contribution in [-0.4, -0.2) is 31.4 Å². The van der Waals surface area contributed by atoms with Gasteiger partial charge < -0.3 is 10.2 Å². The molecule has 1 aromatic rings. The van der Waals surface area contributed by atoms with Gasteiger partial charge in [0.05, 0.1) is 6.54 Å². The molecule has 0 aliphatic rings. The Balaban J connectivity index is 2.38. The van der Waals surface area contributed by atoms with Crippen LogP contribution >= 0.6 is 11.6 Å². The third kappa shape index (κ3) is 3.90. The highest BCUT2D eigenvalue weighted by Gasteiger charge is 2.03. The number of hydrogen-bond donors (Lipinski definition) is 1. The molecule has 0 bridgehead atoms. The van der Waals surface area contributed by atoms with Gasteiger partial charge >= 0.3 is 0 Å². The zero-order valence-electron chi connectivity index (χ0n) is 8.96. The summed E-state index contributed by atoms with van der Waals surface area (Å²) in [7, 11) is 3.47. The zero-order chi connectivity index (χ0) is 11.3. The third-order valence-electron chi connectivity index (χ3n) is 2.05. The Bertz CT molecular complexity index is 339. The maximum Gasteiger partial charge on any atom is 0.236 e. The van der Waals surface area contributed by atoms with Gasteiger partial charge in [0.1, 0.15) is 0 Å². The normalized spacial score (nSPS) is 10.1. The Kier molecular flexibility index (Phi) is 4.59. The number of benzene rings is 1. The third-order valence-corrected chi connectivity index (χ3v) is 2.42. The average Bonchev–Trinajstić information content (AvgIpc) is 2.20. The van der Waals surface area contributed by atoms with Crippen molar-refractivity contribution >= 4 is 17.5 Å². The minimum atomic E-state index is 0.0575. The van der Waals surface area contributed by atoms with Gasteiger partial charge in [0.2, 0.25) is 5.91 Å². The topological polar surface area (TPSA) is 32.3 Å². The molecule has 0 spiro atoms. The molecule has 0 saturated heterocycles. The predicted molar refractivity (Wildman–Crippen MR) is 61.9 cm³/mol. The lowest BCUT2D eigenvalue weighted by Gasteiger charge is -2.11. The average molecular weight is 227 g/mol. The van der Waals surface area contributed by atoms with E-state index in [-0.39, 0.29) is 5.91 Å². The molecule has 0 atom stereocenters. The van der Waals surface area contributed by atoms with Crippen LogP contribution in [0.1, 0.15) is 5.56 Å². The van der Waals surface area contributed by atoms with E-state index in [0.29, 0.717) is 13.1 Å². The van der Waals surface area contributed by atoms with Crippen LogP contribution in [-0.2, 0) is 11.3 Å². The van der Waals surface area contributed by atoms with Crippen LogP contribution in [0.5, 0.6) is 0 Å². The highest BCUT2D eigenvalue weighted by molar-refractivity contribution is 6.31. The first kappa shape index (κ1) is 12.0.